The second kappa shape index (κ2) is 8.15. The Balaban J connectivity index is 1.47. The number of amides is 1. The summed E-state index contributed by atoms with van der Waals surface area (Å²) in [6, 6.07) is 5.00. The third kappa shape index (κ3) is 3.80. The first-order chi connectivity index (χ1) is 17.2. The Morgan fingerprint density at radius 2 is 2.06 bits per heavy atom. The SMILES string of the molecule is N#CC1(NS(=O)(=O)c2cc(N3CCN4C(=O)CC[C@H]4C3)c3cnn(-c4nnc(C(F)F)s4)c3c2)CC1. The lowest BCUT2D eigenvalue weighted by molar-refractivity contribution is -0.129. The Kier molecular flexibility index (Phi) is 5.25. The highest BCUT2D eigenvalue weighted by Crippen LogP contribution is 2.39. The predicted octanol–water partition coefficient (Wildman–Crippen LogP) is 1.96. The van der Waals surface area contributed by atoms with Crippen molar-refractivity contribution >= 4 is 43.9 Å². The van der Waals surface area contributed by atoms with Gasteiger partial charge in [-0.2, -0.15) is 15.1 Å². The van der Waals surface area contributed by atoms with Crippen LogP contribution in [0.15, 0.2) is 23.2 Å². The number of nitrogens with zero attached hydrogens (tertiary/aromatic N) is 7. The van der Waals surface area contributed by atoms with Crippen molar-refractivity contribution in [3.8, 4) is 11.2 Å². The molecule has 1 N–H and O–H groups in total. The highest BCUT2D eigenvalue weighted by molar-refractivity contribution is 7.89. The highest BCUT2D eigenvalue weighted by Gasteiger charge is 2.47. The summed E-state index contributed by atoms with van der Waals surface area (Å²) in [5.74, 6) is 0.121. The van der Waals surface area contributed by atoms with Crippen molar-refractivity contribution in [3.63, 3.8) is 0 Å². The number of anilines is 1. The van der Waals surface area contributed by atoms with E-state index in [0.29, 0.717) is 66.8 Å². The molecule has 1 amide bonds. The minimum absolute atomic E-state index is 0.0276. The lowest BCUT2D eigenvalue weighted by Gasteiger charge is -2.39. The fourth-order valence-corrected chi connectivity index (χ4v) is 6.90. The fraction of sp³-hybridized carbons (Fsp3) is 0.476. The summed E-state index contributed by atoms with van der Waals surface area (Å²) in [6.07, 6.45) is 0.818. The van der Waals surface area contributed by atoms with Crippen molar-refractivity contribution in [1.82, 2.24) is 29.6 Å². The van der Waals surface area contributed by atoms with Gasteiger partial charge in [-0.1, -0.05) is 11.3 Å². The number of hydrogen-bond donors (Lipinski definition) is 1. The van der Waals surface area contributed by atoms with E-state index in [4.69, 9.17) is 0 Å². The Hall–Kier alpha value is -3.22. The summed E-state index contributed by atoms with van der Waals surface area (Å²) < 4.78 is 56.7. The van der Waals surface area contributed by atoms with Crippen LogP contribution < -0.4 is 9.62 Å². The number of benzene rings is 1. The Bertz CT molecular complexity index is 1530. The van der Waals surface area contributed by atoms with Gasteiger partial charge < -0.3 is 9.80 Å². The molecule has 1 atom stereocenters. The van der Waals surface area contributed by atoms with Gasteiger partial charge in [0, 0.05) is 43.2 Å². The summed E-state index contributed by atoms with van der Waals surface area (Å²) in [5, 5.41) is 21.3. The average Bonchev–Trinajstić information content (AvgIpc) is 3.21. The molecule has 3 aromatic rings. The molecule has 15 heteroatoms. The van der Waals surface area contributed by atoms with Gasteiger partial charge in [-0.3, -0.25) is 4.79 Å². The van der Waals surface area contributed by atoms with E-state index >= 15 is 0 Å². The van der Waals surface area contributed by atoms with Crippen molar-refractivity contribution in [3.05, 3.63) is 23.3 Å². The molecule has 0 radical (unpaired) electrons. The zero-order valence-electron chi connectivity index (χ0n) is 18.8. The first kappa shape index (κ1) is 23.2. The minimum Gasteiger partial charge on any atom is -0.367 e. The molecule has 0 spiro atoms. The van der Waals surface area contributed by atoms with Crippen molar-refractivity contribution in [2.45, 2.75) is 48.6 Å². The third-order valence-electron chi connectivity index (χ3n) is 6.88. The summed E-state index contributed by atoms with van der Waals surface area (Å²) in [4.78, 5) is 15.9. The topological polar surface area (TPSA) is 137 Å². The maximum Gasteiger partial charge on any atom is 0.291 e. The third-order valence-corrected chi connectivity index (χ3v) is 9.30. The smallest absolute Gasteiger partial charge is 0.291 e. The van der Waals surface area contributed by atoms with Crippen LogP contribution in [-0.2, 0) is 14.8 Å². The molecule has 1 saturated carbocycles. The molecule has 2 saturated heterocycles. The molecule has 0 unspecified atom stereocenters. The number of nitriles is 1. The standard InChI is InChI=1S/C21H20F2N8O3S2/c22-18(23)19-26-27-20(35-19)31-16-8-13(36(33,34)28-21(11-24)3-4-21)7-15(14(16)9-25-31)29-5-6-30-12(10-29)1-2-17(30)32/h7-9,12,18,28H,1-6,10H2/t12-/m0/s1. The molecular formula is C21H20F2N8O3S2. The van der Waals surface area contributed by atoms with Gasteiger partial charge in [-0.25, -0.2) is 21.9 Å². The Morgan fingerprint density at radius 1 is 1.25 bits per heavy atom. The zero-order valence-corrected chi connectivity index (χ0v) is 20.4. The van der Waals surface area contributed by atoms with Gasteiger partial charge >= 0.3 is 0 Å². The largest absolute Gasteiger partial charge is 0.367 e. The first-order valence-corrected chi connectivity index (χ1v) is 13.6. The predicted molar refractivity (Wildman–Crippen MR) is 124 cm³/mol. The van der Waals surface area contributed by atoms with Crippen LogP contribution in [-0.4, -0.2) is 70.4 Å². The molecule has 4 heterocycles. The van der Waals surface area contributed by atoms with Gasteiger partial charge in [0.2, 0.25) is 21.1 Å². The van der Waals surface area contributed by atoms with Crippen molar-refractivity contribution < 1.29 is 22.0 Å². The summed E-state index contributed by atoms with van der Waals surface area (Å²) >= 11 is 0.667. The zero-order chi connectivity index (χ0) is 25.2. The van der Waals surface area contributed by atoms with E-state index < -0.39 is 27.0 Å². The van der Waals surface area contributed by atoms with E-state index in [1.807, 2.05) is 15.9 Å². The van der Waals surface area contributed by atoms with Crippen molar-refractivity contribution in [2.24, 2.45) is 0 Å². The average molecular weight is 535 g/mol. The van der Waals surface area contributed by atoms with E-state index in [-0.39, 0.29) is 22.0 Å². The molecule has 6 rings (SSSR count). The Morgan fingerprint density at radius 3 is 2.75 bits per heavy atom. The number of halogens is 2. The molecule has 1 aliphatic carbocycles. The number of nitrogens with one attached hydrogen (secondary N) is 1. The van der Waals surface area contributed by atoms with E-state index in [9.17, 15) is 27.3 Å². The highest BCUT2D eigenvalue weighted by atomic mass is 32.2. The summed E-state index contributed by atoms with van der Waals surface area (Å²) in [5.41, 5.74) is -0.162. The number of aromatic nitrogens is 4. The van der Waals surface area contributed by atoms with Crippen LogP contribution in [0.4, 0.5) is 14.5 Å². The molecule has 188 valence electrons. The van der Waals surface area contributed by atoms with Crippen LogP contribution in [0.25, 0.3) is 16.0 Å². The Labute approximate surface area is 208 Å². The molecule has 1 aromatic carbocycles. The van der Waals surface area contributed by atoms with Gasteiger partial charge in [0.1, 0.15) is 5.54 Å². The van der Waals surface area contributed by atoms with Crippen LogP contribution in [0.3, 0.4) is 0 Å². The van der Waals surface area contributed by atoms with Gasteiger partial charge in [0.15, 0.2) is 5.01 Å². The maximum absolute atomic E-state index is 13.3. The van der Waals surface area contributed by atoms with Gasteiger partial charge in [0.25, 0.3) is 6.43 Å². The van der Waals surface area contributed by atoms with E-state index in [2.05, 4.69) is 20.0 Å². The van der Waals surface area contributed by atoms with E-state index in [0.717, 1.165) is 6.42 Å². The van der Waals surface area contributed by atoms with Gasteiger partial charge in [-0.05, 0) is 31.4 Å². The number of carbonyl (C=O) groups excluding carboxylic acids is 1. The van der Waals surface area contributed by atoms with E-state index in [1.54, 1.807) is 12.3 Å². The number of fused-ring (bicyclic) bond motifs is 2. The first-order valence-electron chi connectivity index (χ1n) is 11.3. The molecule has 0 bridgehead atoms. The fourth-order valence-electron chi connectivity index (χ4n) is 4.81. The van der Waals surface area contributed by atoms with E-state index in [1.165, 1.54) is 10.7 Å². The number of hydrogen-bond acceptors (Lipinski definition) is 9. The second-order valence-corrected chi connectivity index (χ2v) is 11.9. The van der Waals surface area contributed by atoms with Crippen LogP contribution in [0.1, 0.15) is 37.1 Å². The van der Waals surface area contributed by atoms with Crippen molar-refractivity contribution in [1.29, 1.82) is 5.26 Å². The summed E-state index contributed by atoms with van der Waals surface area (Å²) in [7, 11) is -4.09. The number of carbonyl (C=O) groups is 1. The number of piperazine rings is 1. The number of sulfonamides is 1. The molecule has 3 fully saturated rings. The second-order valence-electron chi connectivity index (χ2n) is 9.18. The molecule has 11 nitrogen and oxygen atoms in total. The van der Waals surface area contributed by atoms with Crippen LogP contribution in [0.2, 0.25) is 0 Å². The lowest BCUT2D eigenvalue weighted by atomic mass is 10.1. The van der Waals surface area contributed by atoms with Crippen molar-refractivity contribution in [2.75, 3.05) is 24.5 Å². The normalized spacial score (nSPS) is 21.3. The van der Waals surface area contributed by atoms with Gasteiger partial charge in [0.05, 0.1) is 22.7 Å². The summed E-state index contributed by atoms with van der Waals surface area (Å²) in [6.45, 7) is 1.54. The number of alkyl halides is 2. The number of rotatable bonds is 6. The molecule has 2 aliphatic heterocycles. The minimum atomic E-state index is -4.09. The lowest BCUT2D eigenvalue weighted by Crippen LogP contribution is -2.51. The molecule has 3 aliphatic rings. The molecule has 2 aromatic heterocycles. The van der Waals surface area contributed by atoms with Crippen LogP contribution in [0, 0.1) is 11.3 Å². The molecule has 36 heavy (non-hydrogen) atoms. The van der Waals surface area contributed by atoms with Crippen LogP contribution in [0.5, 0.6) is 0 Å². The monoisotopic (exact) mass is 534 g/mol. The van der Waals surface area contributed by atoms with Crippen LogP contribution >= 0.6 is 11.3 Å². The van der Waals surface area contributed by atoms with Gasteiger partial charge in [-0.15, -0.1) is 10.2 Å². The quantitative estimate of drug-likeness (QED) is 0.507. The maximum atomic E-state index is 13.3. The molecular weight excluding hydrogens is 514 g/mol.